The Balaban J connectivity index is 3.37. The van der Waals surface area contributed by atoms with Crippen LogP contribution in [0.1, 0.15) is 5.56 Å². The van der Waals surface area contributed by atoms with E-state index < -0.39 is 14.0 Å². The molecular weight excluding hydrogens is 280 g/mol. The van der Waals surface area contributed by atoms with Crippen LogP contribution in [0, 0.1) is 22.0 Å². The Hall–Kier alpha value is -1.62. The molecule has 0 amide bonds. The van der Waals surface area contributed by atoms with E-state index >= 15 is 0 Å². The lowest BCUT2D eigenvalue weighted by Crippen LogP contribution is -2.04. The second-order valence-electron chi connectivity index (χ2n) is 3.21. The lowest BCUT2D eigenvalue weighted by molar-refractivity contribution is -0.385. The van der Waals surface area contributed by atoms with Gasteiger partial charge in [0, 0.05) is 28.4 Å². The zero-order chi connectivity index (χ0) is 13.8. The molecule has 8 heteroatoms. The van der Waals surface area contributed by atoms with E-state index in [9.17, 15) is 18.5 Å². The second-order valence-corrected chi connectivity index (χ2v) is 5.74. The highest BCUT2D eigenvalue weighted by Gasteiger charge is 2.19. The summed E-state index contributed by atoms with van der Waals surface area (Å²) in [6.07, 6.45) is 0. The fourth-order valence-corrected chi connectivity index (χ4v) is 2.18. The van der Waals surface area contributed by atoms with Gasteiger partial charge in [0.05, 0.1) is 11.5 Å². The number of hydrogen-bond donors (Lipinski definition) is 1. The van der Waals surface area contributed by atoms with Crippen LogP contribution >= 0.6 is 10.7 Å². The highest BCUT2D eigenvalue weighted by molar-refractivity contribution is 8.13. The van der Waals surface area contributed by atoms with Crippen LogP contribution in [0.5, 0.6) is 0 Å². The van der Waals surface area contributed by atoms with Gasteiger partial charge in [-0.25, -0.2) is 8.42 Å². The van der Waals surface area contributed by atoms with Gasteiger partial charge in [0.25, 0.3) is 14.7 Å². The predicted molar refractivity (Wildman–Crippen MR) is 66.9 cm³/mol. The maximum absolute atomic E-state index is 11.3. The molecule has 18 heavy (non-hydrogen) atoms. The van der Waals surface area contributed by atoms with Gasteiger partial charge in [-0.3, -0.25) is 10.1 Å². The van der Waals surface area contributed by atoms with E-state index in [1.165, 1.54) is 12.1 Å². The molecule has 0 spiro atoms. The summed E-state index contributed by atoms with van der Waals surface area (Å²) >= 11 is 0. The summed E-state index contributed by atoms with van der Waals surface area (Å²) in [5, 5.41) is 13.3. The van der Waals surface area contributed by atoms with Gasteiger partial charge in [0.1, 0.15) is 4.90 Å². The van der Waals surface area contributed by atoms with Gasteiger partial charge in [0.2, 0.25) is 0 Å². The van der Waals surface area contributed by atoms with E-state index in [0.29, 0.717) is 6.54 Å². The highest BCUT2D eigenvalue weighted by Crippen LogP contribution is 2.24. The van der Waals surface area contributed by atoms with Crippen LogP contribution in [-0.2, 0) is 9.05 Å². The number of benzene rings is 1. The molecule has 0 heterocycles. The predicted octanol–water partition coefficient (Wildman–Crippen LogP) is 1.09. The molecule has 0 bridgehead atoms. The SMILES string of the molecule is CNCC#Cc1ccc([N+](=O)[O-])cc1S(=O)(=O)Cl. The van der Waals surface area contributed by atoms with Crippen molar-refractivity contribution in [3.05, 3.63) is 33.9 Å². The van der Waals surface area contributed by atoms with Crippen LogP contribution in [0.15, 0.2) is 23.1 Å². The molecule has 0 aromatic heterocycles. The Morgan fingerprint density at radius 3 is 2.67 bits per heavy atom. The van der Waals surface area contributed by atoms with Crippen molar-refractivity contribution in [2.24, 2.45) is 0 Å². The molecule has 0 aliphatic heterocycles. The zero-order valence-electron chi connectivity index (χ0n) is 9.31. The summed E-state index contributed by atoms with van der Waals surface area (Å²) < 4.78 is 22.6. The van der Waals surface area contributed by atoms with Gasteiger partial charge in [-0.15, -0.1) is 0 Å². The minimum absolute atomic E-state index is 0.130. The number of nitrogens with zero attached hydrogens (tertiary/aromatic N) is 1. The Morgan fingerprint density at radius 2 is 2.17 bits per heavy atom. The maximum atomic E-state index is 11.3. The average Bonchev–Trinajstić information content (AvgIpc) is 2.28. The smallest absolute Gasteiger partial charge is 0.270 e. The minimum atomic E-state index is -4.08. The van der Waals surface area contributed by atoms with Crippen molar-refractivity contribution in [1.82, 2.24) is 5.32 Å². The second kappa shape index (κ2) is 5.82. The van der Waals surface area contributed by atoms with E-state index in [1.807, 2.05) is 0 Å². The zero-order valence-corrected chi connectivity index (χ0v) is 10.9. The lowest BCUT2D eigenvalue weighted by Gasteiger charge is -2.00. The third-order valence-electron chi connectivity index (χ3n) is 1.93. The van der Waals surface area contributed by atoms with Gasteiger partial charge in [-0.05, 0) is 13.1 Å². The molecule has 96 valence electrons. The van der Waals surface area contributed by atoms with Crippen molar-refractivity contribution >= 4 is 25.4 Å². The van der Waals surface area contributed by atoms with Crippen molar-refractivity contribution < 1.29 is 13.3 Å². The number of nitro groups is 1. The van der Waals surface area contributed by atoms with E-state index in [-0.39, 0.29) is 16.1 Å². The molecule has 0 unspecified atom stereocenters. The number of non-ortho nitro benzene ring substituents is 1. The van der Waals surface area contributed by atoms with Crippen LogP contribution < -0.4 is 5.32 Å². The van der Waals surface area contributed by atoms with Crippen molar-refractivity contribution in [2.75, 3.05) is 13.6 Å². The Kier molecular flexibility index (Phi) is 4.67. The first-order chi connectivity index (χ1) is 8.36. The van der Waals surface area contributed by atoms with Crippen molar-refractivity contribution in [1.29, 1.82) is 0 Å². The summed E-state index contributed by atoms with van der Waals surface area (Å²) in [6.45, 7) is 0.360. The van der Waals surface area contributed by atoms with E-state index in [0.717, 1.165) is 6.07 Å². The summed E-state index contributed by atoms with van der Waals surface area (Å²) in [7, 11) is 2.82. The molecule has 0 aliphatic rings. The summed E-state index contributed by atoms with van der Waals surface area (Å²) in [6, 6.07) is 3.33. The summed E-state index contributed by atoms with van der Waals surface area (Å²) in [5.41, 5.74) is -0.223. The van der Waals surface area contributed by atoms with Crippen LogP contribution in [0.4, 0.5) is 5.69 Å². The number of rotatable bonds is 3. The highest BCUT2D eigenvalue weighted by atomic mass is 35.7. The third kappa shape index (κ3) is 3.70. The standard InChI is InChI=1S/C10H9ClN2O4S/c1-12-6-2-3-8-4-5-9(13(14)15)7-10(8)18(11,16)17/h4-5,7,12H,6H2,1H3. The van der Waals surface area contributed by atoms with Crippen LogP contribution in [0.2, 0.25) is 0 Å². The first kappa shape index (κ1) is 14.4. The minimum Gasteiger partial charge on any atom is -0.309 e. The monoisotopic (exact) mass is 288 g/mol. The van der Waals surface area contributed by atoms with Gasteiger partial charge in [-0.2, -0.15) is 0 Å². The largest absolute Gasteiger partial charge is 0.309 e. The van der Waals surface area contributed by atoms with Crippen LogP contribution in [0.25, 0.3) is 0 Å². The molecule has 1 N–H and O–H groups in total. The van der Waals surface area contributed by atoms with Crippen molar-refractivity contribution in [3.8, 4) is 11.8 Å². The molecule has 0 radical (unpaired) electrons. The molecule has 0 fully saturated rings. The number of nitro benzene ring substituents is 1. The summed E-state index contributed by atoms with van der Waals surface area (Å²) in [4.78, 5) is 9.52. The Labute approximate surface area is 109 Å². The fourth-order valence-electron chi connectivity index (χ4n) is 1.16. The first-order valence-electron chi connectivity index (χ1n) is 4.73. The van der Waals surface area contributed by atoms with Crippen molar-refractivity contribution in [3.63, 3.8) is 0 Å². The molecule has 1 aromatic rings. The molecule has 0 saturated carbocycles. The first-order valence-corrected chi connectivity index (χ1v) is 7.03. The number of halogens is 1. The van der Waals surface area contributed by atoms with Gasteiger partial charge < -0.3 is 5.32 Å². The lowest BCUT2D eigenvalue weighted by atomic mass is 10.2. The number of nitrogens with one attached hydrogen (secondary N) is 1. The number of hydrogen-bond acceptors (Lipinski definition) is 5. The van der Waals surface area contributed by atoms with Gasteiger partial charge in [-0.1, -0.05) is 11.8 Å². The van der Waals surface area contributed by atoms with Crippen LogP contribution in [0.3, 0.4) is 0 Å². The Bertz CT molecular complexity index is 631. The summed E-state index contributed by atoms with van der Waals surface area (Å²) in [5.74, 6) is 5.25. The van der Waals surface area contributed by atoms with Crippen molar-refractivity contribution in [2.45, 2.75) is 4.90 Å². The topological polar surface area (TPSA) is 89.3 Å². The van der Waals surface area contributed by atoms with E-state index in [4.69, 9.17) is 10.7 Å². The fraction of sp³-hybridized carbons (Fsp3) is 0.200. The molecule has 1 rings (SSSR count). The molecule has 0 atom stereocenters. The molecule has 6 nitrogen and oxygen atoms in total. The molecule has 0 aliphatic carbocycles. The van der Waals surface area contributed by atoms with Gasteiger partial charge in [0.15, 0.2) is 0 Å². The van der Waals surface area contributed by atoms with Gasteiger partial charge >= 0.3 is 0 Å². The molecular formula is C10H9ClN2O4S. The maximum Gasteiger partial charge on any atom is 0.270 e. The quantitative estimate of drug-likeness (QED) is 0.389. The van der Waals surface area contributed by atoms with Crippen LogP contribution in [-0.4, -0.2) is 26.9 Å². The molecule has 0 saturated heterocycles. The molecule has 1 aromatic carbocycles. The normalized spacial score (nSPS) is 10.6. The average molecular weight is 289 g/mol. The third-order valence-corrected chi connectivity index (χ3v) is 3.29. The van der Waals surface area contributed by atoms with E-state index in [2.05, 4.69) is 17.2 Å². The Morgan fingerprint density at radius 1 is 1.50 bits per heavy atom. The van der Waals surface area contributed by atoms with E-state index in [1.54, 1.807) is 7.05 Å².